The highest BCUT2D eigenvalue weighted by molar-refractivity contribution is 5.78. The van der Waals surface area contributed by atoms with Crippen molar-refractivity contribution < 1.29 is 4.79 Å². The van der Waals surface area contributed by atoms with Crippen LogP contribution in [-0.4, -0.2) is 25.0 Å². The zero-order chi connectivity index (χ0) is 13.8. The molecule has 1 heterocycles. The van der Waals surface area contributed by atoms with Gasteiger partial charge in [0, 0.05) is 18.5 Å². The summed E-state index contributed by atoms with van der Waals surface area (Å²) in [7, 11) is 0. The Kier molecular flexibility index (Phi) is 4.98. The fourth-order valence-electron chi connectivity index (χ4n) is 4.67. The number of rotatable bonds is 3. The minimum Gasteiger partial charge on any atom is -0.354 e. The maximum atomic E-state index is 12.3. The number of fused-ring (bicyclic) bond motifs is 1. The van der Waals surface area contributed by atoms with Gasteiger partial charge in [0.25, 0.3) is 0 Å². The number of carbonyl (C=O) groups excluding carboxylic acids is 1. The molecule has 0 bridgehead atoms. The van der Waals surface area contributed by atoms with E-state index in [1.54, 1.807) is 0 Å². The monoisotopic (exact) mass is 278 g/mol. The molecule has 3 nitrogen and oxygen atoms in total. The fraction of sp³-hybridized carbons (Fsp3) is 0.941. The van der Waals surface area contributed by atoms with Gasteiger partial charge >= 0.3 is 0 Å². The smallest absolute Gasteiger partial charge is 0.223 e. The molecule has 3 atom stereocenters. The van der Waals surface area contributed by atoms with E-state index in [9.17, 15) is 4.79 Å². The summed E-state index contributed by atoms with van der Waals surface area (Å²) in [6.07, 6.45) is 12.9. The van der Waals surface area contributed by atoms with Crippen LogP contribution in [0.25, 0.3) is 0 Å². The molecule has 20 heavy (non-hydrogen) atoms. The Balaban J connectivity index is 1.48. The molecular formula is C17H30N2O. The van der Waals surface area contributed by atoms with Crippen molar-refractivity contribution in [2.45, 2.75) is 70.3 Å². The summed E-state index contributed by atoms with van der Waals surface area (Å²) in [4.78, 5) is 12.3. The van der Waals surface area contributed by atoms with Gasteiger partial charge in [0.15, 0.2) is 0 Å². The maximum absolute atomic E-state index is 12.3. The van der Waals surface area contributed by atoms with Crippen molar-refractivity contribution in [3.8, 4) is 0 Å². The van der Waals surface area contributed by atoms with Crippen LogP contribution in [0.15, 0.2) is 0 Å². The second-order valence-electron chi connectivity index (χ2n) is 7.14. The highest BCUT2D eigenvalue weighted by atomic mass is 16.1. The highest BCUT2D eigenvalue weighted by Gasteiger charge is 2.34. The van der Waals surface area contributed by atoms with Crippen LogP contribution in [0.2, 0.25) is 0 Å². The Morgan fingerprint density at radius 1 is 0.950 bits per heavy atom. The minimum atomic E-state index is 0.300. The Hall–Kier alpha value is -0.570. The Labute approximate surface area is 123 Å². The lowest BCUT2D eigenvalue weighted by Gasteiger charge is -2.42. The largest absolute Gasteiger partial charge is 0.354 e. The average molecular weight is 278 g/mol. The first-order valence-corrected chi connectivity index (χ1v) is 8.85. The lowest BCUT2D eigenvalue weighted by molar-refractivity contribution is -0.126. The molecule has 1 aliphatic heterocycles. The van der Waals surface area contributed by atoms with Gasteiger partial charge in [0.05, 0.1) is 0 Å². The first kappa shape index (κ1) is 14.4. The Morgan fingerprint density at radius 3 is 2.55 bits per heavy atom. The lowest BCUT2D eigenvalue weighted by atomic mass is 9.71. The van der Waals surface area contributed by atoms with Gasteiger partial charge in [0.2, 0.25) is 5.91 Å². The van der Waals surface area contributed by atoms with Crippen molar-refractivity contribution >= 4 is 5.91 Å². The van der Waals surface area contributed by atoms with E-state index in [1.807, 2.05) is 0 Å². The fourth-order valence-corrected chi connectivity index (χ4v) is 4.67. The van der Waals surface area contributed by atoms with Crippen molar-refractivity contribution in [2.75, 3.05) is 13.1 Å². The molecular weight excluding hydrogens is 248 g/mol. The minimum absolute atomic E-state index is 0.300. The van der Waals surface area contributed by atoms with Gasteiger partial charge in [-0.1, -0.05) is 38.5 Å². The predicted octanol–water partition coefficient (Wildman–Crippen LogP) is 2.85. The molecule has 3 aliphatic rings. The Bertz CT molecular complexity index is 323. The van der Waals surface area contributed by atoms with Gasteiger partial charge in [-0.05, 0) is 44.1 Å². The zero-order valence-electron chi connectivity index (χ0n) is 12.7. The van der Waals surface area contributed by atoms with Gasteiger partial charge in [0.1, 0.15) is 0 Å². The molecule has 0 aromatic carbocycles. The summed E-state index contributed by atoms with van der Waals surface area (Å²) in [5.74, 6) is 2.35. The summed E-state index contributed by atoms with van der Waals surface area (Å²) in [5, 5.41) is 6.92. The van der Waals surface area contributed by atoms with E-state index >= 15 is 0 Å². The SMILES string of the molecule is O=C(NCC1NCCC2CCCCC21)C1CCCCC1. The molecule has 114 valence electrons. The van der Waals surface area contributed by atoms with Crippen molar-refractivity contribution in [1.82, 2.24) is 10.6 Å². The van der Waals surface area contributed by atoms with Crippen LogP contribution in [0, 0.1) is 17.8 Å². The zero-order valence-corrected chi connectivity index (χ0v) is 12.7. The predicted molar refractivity (Wildman–Crippen MR) is 81.4 cm³/mol. The lowest BCUT2D eigenvalue weighted by Crippen LogP contribution is -2.53. The average Bonchev–Trinajstić information content (AvgIpc) is 2.53. The molecule has 3 rings (SSSR count). The number of piperidine rings is 1. The number of carbonyl (C=O) groups is 1. The quantitative estimate of drug-likeness (QED) is 0.833. The summed E-state index contributed by atoms with van der Waals surface area (Å²) < 4.78 is 0. The summed E-state index contributed by atoms with van der Waals surface area (Å²) in [6, 6.07) is 0.529. The first-order valence-electron chi connectivity index (χ1n) is 8.85. The van der Waals surface area contributed by atoms with Gasteiger partial charge in [-0.3, -0.25) is 4.79 Å². The third-order valence-corrected chi connectivity index (χ3v) is 5.88. The molecule has 0 aromatic rings. The van der Waals surface area contributed by atoms with Gasteiger partial charge < -0.3 is 10.6 Å². The molecule has 2 aliphatic carbocycles. The van der Waals surface area contributed by atoms with Crippen molar-refractivity contribution in [3.63, 3.8) is 0 Å². The van der Waals surface area contributed by atoms with Crippen molar-refractivity contribution in [3.05, 3.63) is 0 Å². The van der Waals surface area contributed by atoms with E-state index in [0.717, 1.165) is 37.8 Å². The van der Waals surface area contributed by atoms with Crippen LogP contribution in [0.4, 0.5) is 0 Å². The summed E-state index contributed by atoms with van der Waals surface area (Å²) in [5.41, 5.74) is 0. The van der Waals surface area contributed by atoms with Gasteiger partial charge in [-0.15, -0.1) is 0 Å². The van der Waals surface area contributed by atoms with E-state index in [-0.39, 0.29) is 0 Å². The van der Waals surface area contributed by atoms with Crippen molar-refractivity contribution in [1.29, 1.82) is 0 Å². The van der Waals surface area contributed by atoms with Gasteiger partial charge in [-0.2, -0.15) is 0 Å². The summed E-state index contributed by atoms with van der Waals surface area (Å²) >= 11 is 0. The van der Waals surface area contributed by atoms with E-state index < -0.39 is 0 Å². The van der Waals surface area contributed by atoms with E-state index in [1.165, 1.54) is 51.4 Å². The molecule has 3 heteroatoms. The van der Waals surface area contributed by atoms with Gasteiger partial charge in [-0.25, -0.2) is 0 Å². The van der Waals surface area contributed by atoms with Crippen LogP contribution >= 0.6 is 0 Å². The molecule has 1 saturated heterocycles. The standard InChI is InChI=1S/C17H30N2O/c20-17(14-7-2-1-3-8-14)19-12-16-15-9-5-4-6-13(15)10-11-18-16/h13-16,18H,1-12H2,(H,19,20). The van der Waals surface area contributed by atoms with E-state index in [4.69, 9.17) is 0 Å². The number of nitrogens with one attached hydrogen (secondary N) is 2. The molecule has 3 unspecified atom stereocenters. The number of amides is 1. The molecule has 3 fully saturated rings. The second-order valence-corrected chi connectivity index (χ2v) is 7.14. The highest BCUT2D eigenvalue weighted by Crippen LogP contribution is 2.36. The van der Waals surface area contributed by atoms with Crippen LogP contribution < -0.4 is 10.6 Å². The third-order valence-electron chi connectivity index (χ3n) is 5.88. The van der Waals surface area contributed by atoms with Crippen LogP contribution in [0.5, 0.6) is 0 Å². The second kappa shape index (κ2) is 6.93. The molecule has 1 amide bonds. The Morgan fingerprint density at radius 2 is 1.70 bits per heavy atom. The van der Waals surface area contributed by atoms with Crippen LogP contribution in [0.3, 0.4) is 0 Å². The molecule has 0 radical (unpaired) electrons. The molecule has 0 spiro atoms. The van der Waals surface area contributed by atoms with E-state index in [2.05, 4.69) is 10.6 Å². The van der Waals surface area contributed by atoms with Crippen LogP contribution in [-0.2, 0) is 4.79 Å². The third kappa shape index (κ3) is 3.36. The molecule has 0 aromatic heterocycles. The van der Waals surface area contributed by atoms with E-state index in [0.29, 0.717) is 17.9 Å². The maximum Gasteiger partial charge on any atom is 0.223 e. The van der Waals surface area contributed by atoms with Crippen LogP contribution in [0.1, 0.15) is 64.2 Å². The molecule has 2 N–H and O–H groups in total. The first-order chi connectivity index (χ1) is 9.84. The summed E-state index contributed by atoms with van der Waals surface area (Å²) in [6.45, 7) is 2.00. The molecule has 2 saturated carbocycles. The number of hydrogen-bond acceptors (Lipinski definition) is 2. The normalized spacial score (nSPS) is 35.3. The topological polar surface area (TPSA) is 41.1 Å². The van der Waals surface area contributed by atoms with Crippen molar-refractivity contribution in [2.24, 2.45) is 17.8 Å². The number of hydrogen-bond donors (Lipinski definition) is 2.